The summed E-state index contributed by atoms with van der Waals surface area (Å²) in [5.74, 6) is -21.0. The van der Waals surface area contributed by atoms with Crippen molar-refractivity contribution in [1.82, 2.24) is 20.4 Å². The third-order valence-electron chi connectivity index (χ3n) is 15.4. The molecule has 0 radical (unpaired) electrons. The van der Waals surface area contributed by atoms with Crippen LogP contribution in [0.25, 0.3) is 0 Å². The van der Waals surface area contributed by atoms with Crippen LogP contribution in [0.1, 0.15) is 24.0 Å². The summed E-state index contributed by atoms with van der Waals surface area (Å²) < 4.78 is 112. The maximum absolute atomic E-state index is 16.0. The minimum atomic E-state index is -5.38. The van der Waals surface area contributed by atoms with E-state index in [1.54, 1.807) is 60.7 Å². The molecule has 4 saturated carbocycles. The second kappa shape index (κ2) is 13.6. The minimum Gasteiger partial charge on any atom is -0.445 e. The largest absolute Gasteiger partial charge is 0.445 e. The lowest BCUT2D eigenvalue weighted by Crippen LogP contribution is -2.66. The van der Waals surface area contributed by atoms with Crippen LogP contribution in [-0.2, 0) is 46.6 Å². The van der Waals surface area contributed by atoms with Gasteiger partial charge >= 0.3 is 24.5 Å². The fourth-order valence-corrected chi connectivity index (χ4v) is 13.8. The number of alkyl halides is 6. The van der Waals surface area contributed by atoms with E-state index in [4.69, 9.17) is 14.2 Å². The minimum absolute atomic E-state index is 0.0638. The highest BCUT2D eigenvalue weighted by atomic mass is 19.4. The summed E-state index contributed by atoms with van der Waals surface area (Å²) in [5.41, 5.74) is -5.39. The zero-order valence-corrected chi connectivity index (χ0v) is 32.2. The summed E-state index contributed by atoms with van der Waals surface area (Å²) in [6, 6.07) is 17.5. The Morgan fingerprint density at radius 3 is 1.18 bits per heavy atom. The lowest BCUT2D eigenvalue weighted by atomic mass is 9.46. The van der Waals surface area contributed by atoms with E-state index < -0.39 is 130 Å². The van der Waals surface area contributed by atoms with E-state index in [1.807, 2.05) is 0 Å². The van der Waals surface area contributed by atoms with Crippen molar-refractivity contribution >= 4 is 35.8 Å². The normalized spacial score (nSPS) is 38.5. The van der Waals surface area contributed by atoms with Crippen molar-refractivity contribution in [3.63, 3.8) is 0 Å². The van der Waals surface area contributed by atoms with Gasteiger partial charge in [0.05, 0.1) is 23.7 Å². The molecule has 2 aromatic rings. The monoisotopic (exact) mass is 858 g/mol. The molecule has 2 N–H and O–H groups in total. The summed E-state index contributed by atoms with van der Waals surface area (Å²) in [5, 5.41) is 4.87. The lowest BCUT2D eigenvalue weighted by Gasteiger charge is -2.53. The van der Waals surface area contributed by atoms with E-state index in [0.29, 0.717) is 11.1 Å². The van der Waals surface area contributed by atoms with Crippen LogP contribution in [0.15, 0.2) is 60.7 Å². The molecule has 8 aliphatic rings. The zero-order valence-electron chi connectivity index (χ0n) is 32.2. The number of likely N-dealkylation sites (tertiary alicyclic amines) is 2. The maximum atomic E-state index is 16.0. The van der Waals surface area contributed by atoms with Crippen LogP contribution in [0.4, 0.5) is 35.9 Å². The Kier molecular flexibility index (Phi) is 8.93. The third-order valence-corrected chi connectivity index (χ3v) is 15.4. The molecule has 4 aliphatic heterocycles. The number of hydrogen-bond donors (Lipinski definition) is 2. The Morgan fingerprint density at radius 1 is 0.574 bits per heavy atom. The second-order valence-electron chi connectivity index (χ2n) is 17.7. The highest BCUT2D eigenvalue weighted by Gasteiger charge is 2.97. The van der Waals surface area contributed by atoms with E-state index >= 15 is 26.3 Å². The lowest BCUT2D eigenvalue weighted by molar-refractivity contribution is -0.329. The van der Waals surface area contributed by atoms with Crippen molar-refractivity contribution in [3.05, 3.63) is 71.8 Å². The van der Waals surface area contributed by atoms with Crippen molar-refractivity contribution in [2.24, 2.45) is 71.0 Å². The number of amides is 6. The molecule has 4 saturated heterocycles. The molecule has 2 aromatic carbocycles. The average molecular weight is 859 g/mol. The van der Waals surface area contributed by atoms with Gasteiger partial charge in [0.1, 0.15) is 13.2 Å². The number of imide groups is 2. The van der Waals surface area contributed by atoms with Crippen molar-refractivity contribution in [1.29, 1.82) is 0 Å². The Balaban J connectivity index is 0.885. The smallest absolute Gasteiger partial charge is 0.418 e. The van der Waals surface area contributed by atoms with Gasteiger partial charge in [0, 0.05) is 49.9 Å². The van der Waals surface area contributed by atoms with Crippen molar-refractivity contribution in [3.8, 4) is 0 Å². The van der Waals surface area contributed by atoms with Gasteiger partial charge in [-0.2, -0.15) is 26.3 Å². The molecule has 19 heteroatoms. The number of benzene rings is 2. The average Bonchev–Trinajstić information content (AvgIpc) is 4.10. The summed E-state index contributed by atoms with van der Waals surface area (Å²) in [7, 11) is 0. The molecule has 6 amide bonds. The molecule has 324 valence electrons. The van der Waals surface area contributed by atoms with Crippen LogP contribution in [-0.4, -0.2) is 95.3 Å². The summed E-state index contributed by atoms with van der Waals surface area (Å²) in [6.07, 6.45) is -12.9. The van der Waals surface area contributed by atoms with Crippen molar-refractivity contribution in [2.75, 3.05) is 26.2 Å². The van der Waals surface area contributed by atoms with E-state index in [2.05, 4.69) is 10.6 Å². The van der Waals surface area contributed by atoms with Gasteiger partial charge in [-0.05, 0) is 47.6 Å². The molecule has 13 nitrogen and oxygen atoms in total. The van der Waals surface area contributed by atoms with Crippen molar-refractivity contribution < 1.29 is 69.3 Å². The van der Waals surface area contributed by atoms with Gasteiger partial charge < -0.3 is 24.8 Å². The van der Waals surface area contributed by atoms with Gasteiger partial charge in [-0.25, -0.2) is 9.59 Å². The Labute approximate surface area is 343 Å². The molecule has 14 atom stereocenters. The van der Waals surface area contributed by atoms with Gasteiger partial charge in [-0.1, -0.05) is 60.7 Å². The molecule has 6 bridgehead atoms. The van der Waals surface area contributed by atoms with E-state index in [-0.39, 0.29) is 52.2 Å². The summed E-state index contributed by atoms with van der Waals surface area (Å²) >= 11 is 0. The number of fused-ring (bicyclic) bond motifs is 22. The molecule has 8 fully saturated rings. The van der Waals surface area contributed by atoms with E-state index in [1.165, 1.54) is 0 Å². The van der Waals surface area contributed by atoms with Gasteiger partial charge in [0.15, 0.2) is 11.2 Å². The van der Waals surface area contributed by atoms with Crippen LogP contribution in [0, 0.1) is 71.0 Å². The van der Waals surface area contributed by atoms with Crippen LogP contribution >= 0.6 is 0 Å². The number of halogens is 6. The SMILES string of the molecule is O=C(NCCN1C(=O)[C@@H]2[C@H]3C[C@@H]([C@@H]2C1=O)[C@H]1[C@@H]3C2(C(F)(F)F)OC1(C(F)(F)F)[C@@H]1[C@@H]3C[C@@H]([C@@H]4C(=O)N(CCNC(=O)OCc5ccccc5)C(=O)[C@H]34)[C@@H]12)OCc1ccccc1. The van der Waals surface area contributed by atoms with Crippen LogP contribution in [0.5, 0.6) is 0 Å². The topological polar surface area (TPSA) is 161 Å². The number of alkyl carbamates (subject to hydrolysis) is 2. The predicted molar refractivity (Wildman–Crippen MR) is 192 cm³/mol. The molecule has 2 unspecified atom stereocenters. The van der Waals surface area contributed by atoms with Gasteiger partial charge in [0.2, 0.25) is 23.6 Å². The van der Waals surface area contributed by atoms with Crippen LogP contribution < -0.4 is 10.6 Å². The van der Waals surface area contributed by atoms with Crippen LogP contribution in [0.3, 0.4) is 0 Å². The highest BCUT2D eigenvalue weighted by molar-refractivity contribution is 6.07. The molecule has 0 aromatic heterocycles. The highest BCUT2D eigenvalue weighted by Crippen LogP contribution is 2.86. The first-order chi connectivity index (χ1) is 29.0. The van der Waals surface area contributed by atoms with E-state index in [9.17, 15) is 28.8 Å². The summed E-state index contributed by atoms with van der Waals surface area (Å²) in [6.45, 7) is -1.39. The molecular weight excluding hydrogens is 818 g/mol. The molecule has 4 aliphatic carbocycles. The fraction of sp³-hybridized carbons (Fsp3) is 0.571. The Bertz CT molecular complexity index is 1970. The quantitative estimate of drug-likeness (QED) is 0.260. The van der Waals surface area contributed by atoms with Gasteiger partial charge in [-0.3, -0.25) is 29.0 Å². The molecule has 4 heterocycles. The third kappa shape index (κ3) is 5.36. The standard InChI is InChI=1S/C42H40F6N4O9/c43-41(44,45)39-29-21-15-22(26-25(21)33(53)51(34(26)54)13-11-49-37(57)59-17-19-7-3-1-4-8-19)30(29)40(61-39,42(46,47)48)32-24-16-23(31(32)39)27-28(24)36(56)52(35(27)55)14-12-50-38(58)60-18-20-9-5-2-6-10-20/h1-10,21-32H,11-18H2,(H,49,57)(H,50,58)/t21-,22+,23+,24-,25-,26+,27+,28-,29-,30+,31+,32-,39?,40?. The maximum Gasteiger partial charge on any atom is 0.418 e. The number of ether oxygens (including phenoxy) is 3. The number of rotatable bonds is 10. The Morgan fingerprint density at radius 2 is 0.885 bits per heavy atom. The second-order valence-corrected chi connectivity index (χ2v) is 17.7. The Hall–Kier alpha value is -5.20. The number of nitrogens with one attached hydrogen (secondary N) is 2. The number of carbonyl (C=O) groups is 6. The summed E-state index contributed by atoms with van der Waals surface area (Å²) in [4.78, 5) is 82.1. The van der Waals surface area contributed by atoms with Crippen LogP contribution in [0.2, 0.25) is 0 Å². The number of nitrogens with zero attached hydrogens (tertiary/aromatic N) is 2. The van der Waals surface area contributed by atoms with Crippen molar-refractivity contribution in [2.45, 2.75) is 49.6 Å². The first-order valence-corrected chi connectivity index (χ1v) is 20.5. The molecule has 10 rings (SSSR count). The molecule has 61 heavy (non-hydrogen) atoms. The first kappa shape index (κ1) is 39.9. The van der Waals surface area contributed by atoms with Gasteiger partial charge in [0.25, 0.3) is 0 Å². The fourth-order valence-electron chi connectivity index (χ4n) is 13.8. The van der Waals surface area contributed by atoms with Gasteiger partial charge in [-0.15, -0.1) is 0 Å². The number of hydrogen-bond acceptors (Lipinski definition) is 9. The van der Waals surface area contributed by atoms with E-state index in [0.717, 1.165) is 9.80 Å². The number of carbonyl (C=O) groups excluding carboxylic acids is 6. The first-order valence-electron chi connectivity index (χ1n) is 20.5. The zero-order chi connectivity index (χ0) is 43.0. The molecular formula is C42H40F6N4O9. The predicted octanol–water partition coefficient (Wildman–Crippen LogP) is 4.45. The molecule has 0 spiro atoms.